The predicted molar refractivity (Wildman–Crippen MR) is 90.9 cm³/mol. The van der Waals surface area contributed by atoms with Crippen molar-refractivity contribution in [2.45, 2.75) is 83.8 Å². The smallest absolute Gasteiger partial charge is 0.191 e. The standard InChI is InChI=1S/C17H35N3O/c1-17(2,3)20-16(18-4)19-13-9-6-10-14-21-15-11-7-5-8-12-15/h15H,5-14H2,1-4H3,(H2,18,19,20). The van der Waals surface area contributed by atoms with E-state index in [1.807, 2.05) is 7.05 Å². The molecule has 2 N–H and O–H groups in total. The molecule has 0 spiro atoms. The number of rotatable bonds is 7. The number of aliphatic imine (C=N–C) groups is 1. The van der Waals surface area contributed by atoms with E-state index in [4.69, 9.17) is 4.74 Å². The van der Waals surface area contributed by atoms with Gasteiger partial charge in [0.1, 0.15) is 0 Å². The highest BCUT2D eigenvalue weighted by Crippen LogP contribution is 2.20. The Bertz CT molecular complexity index is 291. The average Bonchev–Trinajstić information content (AvgIpc) is 2.45. The summed E-state index contributed by atoms with van der Waals surface area (Å²) in [5, 5.41) is 6.73. The van der Waals surface area contributed by atoms with E-state index in [-0.39, 0.29) is 5.54 Å². The molecule has 1 rings (SSSR count). The minimum Gasteiger partial charge on any atom is -0.378 e. The molecule has 0 saturated heterocycles. The lowest BCUT2D eigenvalue weighted by Crippen LogP contribution is -2.47. The zero-order chi connectivity index (χ0) is 15.6. The van der Waals surface area contributed by atoms with Gasteiger partial charge in [-0.15, -0.1) is 0 Å². The third kappa shape index (κ3) is 9.72. The van der Waals surface area contributed by atoms with Crippen molar-refractivity contribution in [3.63, 3.8) is 0 Å². The minimum atomic E-state index is 0.0513. The second-order valence-corrected chi connectivity index (χ2v) is 7.07. The van der Waals surface area contributed by atoms with E-state index in [1.165, 1.54) is 51.4 Å². The maximum atomic E-state index is 5.94. The van der Waals surface area contributed by atoms with Crippen molar-refractivity contribution < 1.29 is 4.74 Å². The van der Waals surface area contributed by atoms with Gasteiger partial charge in [-0.1, -0.05) is 19.3 Å². The fourth-order valence-corrected chi connectivity index (χ4v) is 2.63. The van der Waals surface area contributed by atoms with Crippen molar-refractivity contribution in [2.75, 3.05) is 20.2 Å². The molecule has 0 radical (unpaired) electrons. The van der Waals surface area contributed by atoms with E-state index < -0.39 is 0 Å². The Morgan fingerprint density at radius 1 is 1.10 bits per heavy atom. The summed E-state index contributed by atoms with van der Waals surface area (Å²) < 4.78 is 5.94. The highest BCUT2D eigenvalue weighted by molar-refractivity contribution is 5.80. The zero-order valence-corrected chi connectivity index (χ0v) is 14.5. The number of nitrogens with zero attached hydrogens (tertiary/aromatic N) is 1. The highest BCUT2D eigenvalue weighted by atomic mass is 16.5. The molecule has 0 aliphatic heterocycles. The Morgan fingerprint density at radius 3 is 2.43 bits per heavy atom. The Hall–Kier alpha value is -0.770. The summed E-state index contributed by atoms with van der Waals surface area (Å²) in [7, 11) is 1.82. The van der Waals surface area contributed by atoms with Crippen LogP contribution in [0.3, 0.4) is 0 Å². The number of hydrogen-bond donors (Lipinski definition) is 2. The maximum Gasteiger partial charge on any atom is 0.191 e. The summed E-state index contributed by atoms with van der Waals surface area (Å²) in [6.45, 7) is 8.33. The molecule has 0 aromatic rings. The van der Waals surface area contributed by atoms with E-state index in [2.05, 4.69) is 36.4 Å². The van der Waals surface area contributed by atoms with Crippen molar-refractivity contribution in [3.05, 3.63) is 0 Å². The number of guanidine groups is 1. The molecule has 0 heterocycles. The molecule has 124 valence electrons. The highest BCUT2D eigenvalue weighted by Gasteiger charge is 2.13. The van der Waals surface area contributed by atoms with Crippen LogP contribution in [0.15, 0.2) is 4.99 Å². The van der Waals surface area contributed by atoms with Gasteiger partial charge < -0.3 is 15.4 Å². The molecule has 4 heteroatoms. The quantitative estimate of drug-likeness (QED) is 0.430. The lowest BCUT2D eigenvalue weighted by molar-refractivity contribution is 0.0264. The van der Waals surface area contributed by atoms with Gasteiger partial charge in [-0.2, -0.15) is 0 Å². The Labute approximate surface area is 131 Å². The minimum absolute atomic E-state index is 0.0513. The molecular formula is C17H35N3O. The van der Waals surface area contributed by atoms with Crippen molar-refractivity contribution in [3.8, 4) is 0 Å². The lowest BCUT2D eigenvalue weighted by atomic mass is 9.98. The van der Waals surface area contributed by atoms with Crippen LogP contribution < -0.4 is 10.6 Å². The fraction of sp³-hybridized carbons (Fsp3) is 0.941. The molecule has 4 nitrogen and oxygen atoms in total. The first-order valence-electron chi connectivity index (χ1n) is 8.62. The van der Waals surface area contributed by atoms with Crippen LogP contribution in [-0.2, 0) is 4.74 Å². The molecule has 21 heavy (non-hydrogen) atoms. The summed E-state index contributed by atoms with van der Waals surface area (Å²) in [5.41, 5.74) is 0.0513. The van der Waals surface area contributed by atoms with Gasteiger partial charge in [0.15, 0.2) is 5.96 Å². The van der Waals surface area contributed by atoms with Gasteiger partial charge in [-0.05, 0) is 52.9 Å². The molecule has 0 amide bonds. The van der Waals surface area contributed by atoms with E-state index in [1.54, 1.807) is 0 Å². The SMILES string of the molecule is CN=C(NCCCCCOC1CCCCC1)NC(C)(C)C. The summed E-state index contributed by atoms with van der Waals surface area (Å²) >= 11 is 0. The van der Waals surface area contributed by atoms with Crippen molar-refractivity contribution in [2.24, 2.45) is 4.99 Å². The van der Waals surface area contributed by atoms with Gasteiger partial charge in [0, 0.05) is 25.7 Å². The Morgan fingerprint density at radius 2 is 1.81 bits per heavy atom. The van der Waals surface area contributed by atoms with Gasteiger partial charge in [0.05, 0.1) is 6.10 Å². The van der Waals surface area contributed by atoms with Gasteiger partial charge in [0.25, 0.3) is 0 Å². The monoisotopic (exact) mass is 297 g/mol. The lowest BCUT2D eigenvalue weighted by Gasteiger charge is -2.23. The van der Waals surface area contributed by atoms with Crippen molar-refractivity contribution in [1.29, 1.82) is 0 Å². The van der Waals surface area contributed by atoms with Gasteiger partial charge >= 0.3 is 0 Å². The van der Waals surface area contributed by atoms with Crippen LogP contribution in [0.25, 0.3) is 0 Å². The summed E-state index contributed by atoms with van der Waals surface area (Å²) in [6.07, 6.45) is 10.8. The van der Waals surface area contributed by atoms with E-state index >= 15 is 0 Å². The number of hydrogen-bond acceptors (Lipinski definition) is 2. The number of ether oxygens (including phenoxy) is 1. The van der Waals surface area contributed by atoms with E-state index in [9.17, 15) is 0 Å². The van der Waals surface area contributed by atoms with Gasteiger partial charge in [-0.3, -0.25) is 4.99 Å². The maximum absolute atomic E-state index is 5.94. The molecule has 0 unspecified atom stereocenters. The van der Waals surface area contributed by atoms with Crippen LogP contribution in [0.2, 0.25) is 0 Å². The molecule has 1 aliphatic rings. The molecule has 0 bridgehead atoms. The van der Waals surface area contributed by atoms with Crippen molar-refractivity contribution >= 4 is 5.96 Å². The molecule has 1 saturated carbocycles. The summed E-state index contributed by atoms with van der Waals surface area (Å²) in [5.74, 6) is 0.890. The number of unbranched alkanes of at least 4 members (excludes halogenated alkanes) is 2. The van der Waals surface area contributed by atoms with Crippen molar-refractivity contribution in [1.82, 2.24) is 10.6 Å². The van der Waals surface area contributed by atoms with Crippen LogP contribution in [0.4, 0.5) is 0 Å². The summed E-state index contributed by atoms with van der Waals surface area (Å²) in [6, 6.07) is 0. The first-order valence-corrected chi connectivity index (χ1v) is 8.62. The first-order chi connectivity index (χ1) is 10.0. The molecule has 0 atom stereocenters. The third-order valence-corrected chi connectivity index (χ3v) is 3.74. The zero-order valence-electron chi connectivity index (χ0n) is 14.5. The molecule has 0 aromatic heterocycles. The molecule has 1 aliphatic carbocycles. The van der Waals surface area contributed by atoms with Gasteiger partial charge in [-0.25, -0.2) is 0 Å². The fourth-order valence-electron chi connectivity index (χ4n) is 2.63. The first kappa shape index (κ1) is 18.3. The molecule has 0 aromatic carbocycles. The van der Waals surface area contributed by atoms with Crippen LogP contribution in [0.1, 0.15) is 72.1 Å². The van der Waals surface area contributed by atoms with Crippen LogP contribution in [0, 0.1) is 0 Å². The van der Waals surface area contributed by atoms with E-state index in [0.717, 1.165) is 19.1 Å². The topological polar surface area (TPSA) is 45.7 Å². The van der Waals surface area contributed by atoms with E-state index in [0.29, 0.717) is 6.10 Å². The van der Waals surface area contributed by atoms with Crippen LogP contribution in [0.5, 0.6) is 0 Å². The largest absolute Gasteiger partial charge is 0.378 e. The predicted octanol–water partition coefficient (Wildman–Crippen LogP) is 3.47. The third-order valence-electron chi connectivity index (χ3n) is 3.74. The average molecular weight is 297 g/mol. The molecular weight excluding hydrogens is 262 g/mol. The second-order valence-electron chi connectivity index (χ2n) is 7.07. The molecule has 1 fully saturated rings. The summed E-state index contributed by atoms with van der Waals surface area (Å²) in [4.78, 5) is 4.24. The van der Waals surface area contributed by atoms with Gasteiger partial charge in [0.2, 0.25) is 0 Å². The Balaban J connectivity index is 1.96. The van der Waals surface area contributed by atoms with Crippen LogP contribution >= 0.6 is 0 Å². The Kier molecular flexibility index (Phi) is 8.74. The second kappa shape index (κ2) is 10.0. The van der Waals surface area contributed by atoms with Crippen LogP contribution in [-0.4, -0.2) is 37.8 Å². The number of nitrogens with one attached hydrogen (secondary N) is 2. The normalized spacial score (nSPS) is 17.8.